The van der Waals surface area contributed by atoms with Crippen LogP contribution in [0.25, 0.3) is 0 Å². The summed E-state index contributed by atoms with van der Waals surface area (Å²) in [5, 5.41) is 2.62. The van der Waals surface area contributed by atoms with Crippen molar-refractivity contribution < 1.29 is 14.3 Å². The van der Waals surface area contributed by atoms with E-state index in [4.69, 9.17) is 4.74 Å². The molecule has 0 saturated heterocycles. The molecule has 0 bridgehead atoms. The molecule has 0 spiro atoms. The minimum atomic E-state index is -0.308. The molecule has 0 fully saturated rings. The molecule has 5 heteroatoms. The number of carbonyl (C=O) groups is 2. The quantitative estimate of drug-likeness (QED) is 0.701. The fourth-order valence-corrected chi connectivity index (χ4v) is 1.12. The fourth-order valence-electron chi connectivity index (χ4n) is 1.12. The van der Waals surface area contributed by atoms with E-state index in [1.165, 1.54) is 11.1 Å². The molecule has 0 aromatic rings. The molecule has 0 aromatic heterocycles. The van der Waals surface area contributed by atoms with Gasteiger partial charge in [0.05, 0.1) is 13.0 Å². The maximum atomic E-state index is 11.5. The molecule has 0 radical (unpaired) electrons. The van der Waals surface area contributed by atoms with Crippen LogP contribution in [0.3, 0.4) is 0 Å². The van der Waals surface area contributed by atoms with Crippen molar-refractivity contribution >= 4 is 12.0 Å². The van der Waals surface area contributed by atoms with Crippen LogP contribution in [0.2, 0.25) is 0 Å². The first-order valence-electron chi connectivity index (χ1n) is 5.37. The second-order valence-corrected chi connectivity index (χ2v) is 3.47. The van der Waals surface area contributed by atoms with Crippen LogP contribution in [0.1, 0.15) is 27.2 Å². The molecule has 16 heavy (non-hydrogen) atoms. The van der Waals surface area contributed by atoms with Crippen molar-refractivity contribution in [1.29, 1.82) is 0 Å². The van der Waals surface area contributed by atoms with E-state index in [-0.39, 0.29) is 31.0 Å². The fraction of sp³-hybridized carbons (Fsp3) is 0.636. The maximum absolute atomic E-state index is 11.5. The van der Waals surface area contributed by atoms with Crippen molar-refractivity contribution in [1.82, 2.24) is 10.2 Å². The topological polar surface area (TPSA) is 58.6 Å². The van der Waals surface area contributed by atoms with Gasteiger partial charge in [-0.15, -0.1) is 0 Å². The highest BCUT2D eigenvalue weighted by Gasteiger charge is 2.13. The average molecular weight is 228 g/mol. The largest absolute Gasteiger partial charge is 0.466 e. The summed E-state index contributed by atoms with van der Waals surface area (Å²) in [5.41, 5.74) is 0. The van der Waals surface area contributed by atoms with Gasteiger partial charge in [0.1, 0.15) is 0 Å². The van der Waals surface area contributed by atoms with E-state index in [1.807, 2.05) is 13.8 Å². The lowest BCUT2D eigenvalue weighted by atomic mass is 10.3. The van der Waals surface area contributed by atoms with E-state index in [0.29, 0.717) is 6.61 Å². The van der Waals surface area contributed by atoms with E-state index in [9.17, 15) is 9.59 Å². The molecule has 0 saturated carbocycles. The van der Waals surface area contributed by atoms with Crippen LogP contribution in [-0.2, 0) is 9.53 Å². The third-order valence-electron chi connectivity index (χ3n) is 1.90. The van der Waals surface area contributed by atoms with Crippen LogP contribution in [0.4, 0.5) is 4.79 Å². The van der Waals surface area contributed by atoms with Gasteiger partial charge >= 0.3 is 12.0 Å². The predicted molar refractivity (Wildman–Crippen MR) is 61.8 cm³/mol. The van der Waals surface area contributed by atoms with Gasteiger partial charge in [0.2, 0.25) is 0 Å². The normalized spacial score (nSPS) is 9.75. The highest BCUT2D eigenvalue weighted by molar-refractivity contribution is 5.76. The summed E-state index contributed by atoms with van der Waals surface area (Å²) in [6.45, 7) is 9.69. The molecule has 0 aromatic carbocycles. The second kappa shape index (κ2) is 7.73. The van der Waals surface area contributed by atoms with Gasteiger partial charge in [-0.3, -0.25) is 9.69 Å². The summed E-state index contributed by atoms with van der Waals surface area (Å²) < 4.78 is 4.73. The summed E-state index contributed by atoms with van der Waals surface area (Å²) in [6, 6.07) is -0.214. The summed E-state index contributed by atoms with van der Waals surface area (Å²) in [4.78, 5) is 24.0. The molecule has 0 atom stereocenters. The Bertz CT molecular complexity index is 252. The molecule has 0 aliphatic rings. The van der Waals surface area contributed by atoms with Crippen molar-refractivity contribution in [2.45, 2.75) is 33.2 Å². The maximum Gasteiger partial charge on any atom is 0.321 e. The van der Waals surface area contributed by atoms with Gasteiger partial charge in [-0.05, 0) is 20.8 Å². The zero-order valence-electron chi connectivity index (χ0n) is 10.2. The highest BCUT2D eigenvalue weighted by Crippen LogP contribution is 1.98. The molecule has 92 valence electrons. The molecule has 1 N–H and O–H groups in total. The average Bonchev–Trinajstić information content (AvgIpc) is 2.18. The number of hydrogen-bond donors (Lipinski definition) is 1. The lowest BCUT2D eigenvalue weighted by Crippen LogP contribution is -2.41. The third-order valence-corrected chi connectivity index (χ3v) is 1.90. The van der Waals surface area contributed by atoms with Crippen molar-refractivity contribution in [3.8, 4) is 0 Å². The summed E-state index contributed by atoms with van der Waals surface area (Å²) in [7, 11) is 0. The second-order valence-electron chi connectivity index (χ2n) is 3.47. The molecule has 0 unspecified atom stereocenters. The Morgan fingerprint density at radius 2 is 2.12 bits per heavy atom. The van der Waals surface area contributed by atoms with Crippen molar-refractivity contribution in [3.63, 3.8) is 0 Å². The highest BCUT2D eigenvalue weighted by atomic mass is 16.5. The number of ether oxygens (including phenoxy) is 1. The van der Waals surface area contributed by atoms with Crippen LogP contribution in [-0.4, -0.2) is 36.1 Å². The number of urea groups is 1. The summed E-state index contributed by atoms with van der Waals surface area (Å²) in [6.07, 6.45) is 1.65. The van der Waals surface area contributed by atoms with Gasteiger partial charge < -0.3 is 10.1 Å². The number of carbonyl (C=O) groups excluding carboxylic acids is 2. The number of rotatable bonds is 6. The summed E-state index contributed by atoms with van der Waals surface area (Å²) >= 11 is 0. The van der Waals surface area contributed by atoms with Gasteiger partial charge in [0, 0.05) is 18.8 Å². The zero-order valence-corrected chi connectivity index (χ0v) is 10.2. The van der Waals surface area contributed by atoms with E-state index in [1.54, 1.807) is 6.92 Å². The van der Waals surface area contributed by atoms with Gasteiger partial charge in [-0.25, -0.2) is 4.79 Å². The van der Waals surface area contributed by atoms with Crippen LogP contribution >= 0.6 is 0 Å². The Kier molecular flexibility index (Phi) is 7.00. The Hall–Kier alpha value is -1.52. The van der Waals surface area contributed by atoms with E-state index in [2.05, 4.69) is 11.9 Å². The first-order chi connectivity index (χ1) is 7.52. The van der Waals surface area contributed by atoms with Gasteiger partial charge in [0.15, 0.2) is 0 Å². The minimum Gasteiger partial charge on any atom is -0.466 e. The Balaban J connectivity index is 3.88. The van der Waals surface area contributed by atoms with Crippen molar-refractivity contribution in [3.05, 3.63) is 12.8 Å². The molecular formula is C11H20N2O3. The molecule has 0 rings (SSSR count). The lowest BCUT2D eigenvalue weighted by Gasteiger charge is -2.22. The third kappa shape index (κ3) is 5.38. The lowest BCUT2D eigenvalue weighted by molar-refractivity contribution is -0.142. The monoisotopic (exact) mass is 228 g/mol. The predicted octanol–water partition coefficient (Wildman–Crippen LogP) is 1.50. The molecule has 5 nitrogen and oxygen atoms in total. The first kappa shape index (κ1) is 14.5. The standard InChI is InChI=1S/C11H20N2O3/c1-5-13(9(3)4)11(15)12-8-7-10(14)16-6-2/h5,9H,1,6-8H2,2-4H3,(H,12,15). The Morgan fingerprint density at radius 1 is 1.50 bits per heavy atom. The van der Waals surface area contributed by atoms with Crippen LogP contribution in [0.15, 0.2) is 12.8 Å². The smallest absolute Gasteiger partial charge is 0.321 e. The molecule has 0 aliphatic carbocycles. The number of nitrogens with one attached hydrogen (secondary N) is 1. The van der Waals surface area contributed by atoms with Gasteiger partial charge in [-0.1, -0.05) is 6.58 Å². The first-order valence-corrected chi connectivity index (χ1v) is 5.37. The van der Waals surface area contributed by atoms with Crippen molar-refractivity contribution in [2.75, 3.05) is 13.2 Å². The number of hydrogen-bond acceptors (Lipinski definition) is 3. The molecule has 0 heterocycles. The molecule has 2 amide bonds. The van der Waals surface area contributed by atoms with E-state index >= 15 is 0 Å². The Morgan fingerprint density at radius 3 is 2.56 bits per heavy atom. The van der Waals surface area contributed by atoms with Crippen molar-refractivity contribution in [2.24, 2.45) is 0 Å². The van der Waals surface area contributed by atoms with E-state index in [0.717, 1.165) is 0 Å². The molecule has 0 aliphatic heterocycles. The van der Waals surface area contributed by atoms with Crippen LogP contribution in [0.5, 0.6) is 0 Å². The zero-order chi connectivity index (χ0) is 12.6. The van der Waals surface area contributed by atoms with Gasteiger partial charge in [-0.2, -0.15) is 0 Å². The van der Waals surface area contributed by atoms with E-state index < -0.39 is 0 Å². The number of esters is 1. The number of amides is 2. The number of nitrogens with zero attached hydrogens (tertiary/aromatic N) is 1. The SMILES string of the molecule is C=CN(C(=O)NCCC(=O)OCC)C(C)C. The van der Waals surface area contributed by atoms with Crippen LogP contribution < -0.4 is 5.32 Å². The van der Waals surface area contributed by atoms with Crippen LogP contribution in [0, 0.1) is 0 Å². The summed E-state index contributed by atoms with van der Waals surface area (Å²) in [5.74, 6) is -0.308. The Labute approximate surface area is 96.4 Å². The minimum absolute atomic E-state index is 0.0418. The van der Waals surface area contributed by atoms with Gasteiger partial charge in [0.25, 0.3) is 0 Å². The molecular weight excluding hydrogens is 208 g/mol.